The third-order valence-corrected chi connectivity index (χ3v) is 1.79. The molecule has 0 unspecified atom stereocenters. The molecule has 0 amide bonds. The molecule has 0 bridgehead atoms. The second-order valence-corrected chi connectivity index (χ2v) is 3.12. The molecule has 0 spiro atoms. The van der Waals surface area contributed by atoms with Gasteiger partial charge in [0.15, 0.2) is 0 Å². The van der Waals surface area contributed by atoms with E-state index in [0.717, 1.165) is 0 Å². The third-order valence-electron chi connectivity index (χ3n) is 1.79. The van der Waals surface area contributed by atoms with E-state index >= 15 is 0 Å². The standard InChI is InChI=1S/C10H10O4.C2H4O3/c1-2-14-10(13)8-6-4-3-5-7(8)9(11)12;3-1-2(4)5/h3-6H,2H2,1H3,(H,11,12);3H,1H2,(H,4,5). The number of carbonyl (C=O) groups is 3. The molecule has 7 heteroatoms. The van der Waals surface area contributed by atoms with Crippen LogP contribution in [-0.2, 0) is 9.53 Å². The number of esters is 1. The van der Waals surface area contributed by atoms with E-state index in [4.69, 9.17) is 24.9 Å². The zero-order valence-electron chi connectivity index (χ0n) is 10.2. The molecule has 104 valence electrons. The van der Waals surface area contributed by atoms with Crippen molar-refractivity contribution in [2.24, 2.45) is 0 Å². The van der Waals surface area contributed by atoms with Crippen LogP contribution in [-0.4, -0.2) is 46.4 Å². The molecule has 19 heavy (non-hydrogen) atoms. The van der Waals surface area contributed by atoms with E-state index < -0.39 is 24.5 Å². The van der Waals surface area contributed by atoms with Gasteiger partial charge in [-0.1, -0.05) is 12.1 Å². The molecule has 3 N–H and O–H groups in total. The molecule has 0 fully saturated rings. The van der Waals surface area contributed by atoms with Gasteiger partial charge in [0.2, 0.25) is 0 Å². The van der Waals surface area contributed by atoms with E-state index in [0.29, 0.717) is 0 Å². The van der Waals surface area contributed by atoms with Crippen molar-refractivity contribution in [3.05, 3.63) is 35.4 Å². The predicted octanol–water partition coefficient (Wildman–Crippen LogP) is 0.625. The Morgan fingerprint density at radius 3 is 1.95 bits per heavy atom. The van der Waals surface area contributed by atoms with Crippen LogP contribution in [0.25, 0.3) is 0 Å². The fourth-order valence-electron chi connectivity index (χ4n) is 1.06. The second-order valence-electron chi connectivity index (χ2n) is 3.12. The van der Waals surface area contributed by atoms with E-state index in [1.165, 1.54) is 12.1 Å². The van der Waals surface area contributed by atoms with E-state index in [9.17, 15) is 9.59 Å². The first-order valence-electron chi connectivity index (χ1n) is 5.26. The maximum Gasteiger partial charge on any atom is 0.338 e. The Balaban J connectivity index is 0.000000555. The number of aliphatic hydroxyl groups is 1. The zero-order valence-corrected chi connectivity index (χ0v) is 10.2. The average molecular weight is 270 g/mol. The molecule has 0 aromatic heterocycles. The van der Waals surface area contributed by atoms with Crippen molar-refractivity contribution in [2.75, 3.05) is 13.2 Å². The lowest BCUT2D eigenvalue weighted by Gasteiger charge is -2.04. The summed E-state index contributed by atoms with van der Waals surface area (Å²) in [5.74, 6) is -2.93. The topological polar surface area (TPSA) is 121 Å². The monoisotopic (exact) mass is 270 g/mol. The van der Waals surface area contributed by atoms with Gasteiger partial charge in [0.05, 0.1) is 17.7 Å². The molecule has 0 atom stereocenters. The summed E-state index contributed by atoms with van der Waals surface area (Å²) in [6.45, 7) is 1.12. The highest BCUT2D eigenvalue weighted by Crippen LogP contribution is 2.09. The first kappa shape index (κ1) is 16.6. The molecule has 0 aliphatic heterocycles. The van der Waals surface area contributed by atoms with Crippen LogP contribution in [0.4, 0.5) is 0 Å². The van der Waals surface area contributed by atoms with E-state index in [2.05, 4.69) is 0 Å². The Labute approximate surface area is 109 Å². The number of hydrogen-bond acceptors (Lipinski definition) is 5. The fourth-order valence-corrected chi connectivity index (χ4v) is 1.06. The first-order valence-corrected chi connectivity index (χ1v) is 5.26. The minimum atomic E-state index is -1.19. The van der Waals surface area contributed by atoms with Gasteiger partial charge in [0.25, 0.3) is 0 Å². The lowest BCUT2D eigenvalue weighted by Crippen LogP contribution is -2.11. The number of carbonyl (C=O) groups excluding carboxylic acids is 1. The van der Waals surface area contributed by atoms with Crippen molar-refractivity contribution >= 4 is 17.9 Å². The summed E-state index contributed by atoms with van der Waals surface area (Å²) in [6, 6.07) is 5.96. The molecule has 0 heterocycles. The third kappa shape index (κ3) is 6.18. The van der Waals surface area contributed by atoms with Crippen LogP contribution >= 0.6 is 0 Å². The van der Waals surface area contributed by atoms with Gasteiger partial charge in [0.1, 0.15) is 6.61 Å². The summed E-state index contributed by atoms with van der Waals surface area (Å²) < 4.78 is 4.72. The lowest BCUT2D eigenvalue weighted by molar-refractivity contribution is -0.140. The Bertz CT molecular complexity index is 453. The Kier molecular flexibility index (Phi) is 7.55. The van der Waals surface area contributed by atoms with Crippen LogP contribution in [0.2, 0.25) is 0 Å². The average Bonchev–Trinajstić information content (AvgIpc) is 2.39. The summed E-state index contributed by atoms with van der Waals surface area (Å²) in [6.07, 6.45) is 0. The number of carboxylic acids is 2. The first-order chi connectivity index (χ1) is 8.93. The van der Waals surface area contributed by atoms with E-state index in [1.807, 2.05) is 0 Å². The van der Waals surface area contributed by atoms with Crippen molar-refractivity contribution in [1.29, 1.82) is 0 Å². The van der Waals surface area contributed by atoms with Crippen LogP contribution in [0.5, 0.6) is 0 Å². The summed E-state index contributed by atoms with van der Waals surface area (Å²) in [5.41, 5.74) is 0.0489. The van der Waals surface area contributed by atoms with Crippen molar-refractivity contribution in [3.8, 4) is 0 Å². The van der Waals surface area contributed by atoms with Crippen LogP contribution in [0, 0.1) is 0 Å². The predicted molar refractivity (Wildman–Crippen MR) is 64.1 cm³/mol. The van der Waals surface area contributed by atoms with Gasteiger partial charge >= 0.3 is 17.9 Å². The Morgan fingerprint density at radius 2 is 1.58 bits per heavy atom. The summed E-state index contributed by atoms with van der Waals surface area (Å²) in [5, 5.41) is 23.8. The highest BCUT2D eigenvalue weighted by atomic mass is 16.5. The number of ether oxygens (including phenoxy) is 1. The minimum Gasteiger partial charge on any atom is -0.480 e. The fraction of sp³-hybridized carbons (Fsp3) is 0.250. The number of aromatic carboxylic acids is 1. The number of aliphatic carboxylic acids is 1. The smallest absolute Gasteiger partial charge is 0.338 e. The highest BCUT2D eigenvalue weighted by Gasteiger charge is 2.15. The number of rotatable bonds is 4. The van der Waals surface area contributed by atoms with Gasteiger partial charge in [-0.05, 0) is 19.1 Å². The van der Waals surface area contributed by atoms with Gasteiger partial charge in [-0.2, -0.15) is 0 Å². The second kappa shape index (κ2) is 8.65. The van der Waals surface area contributed by atoms with Gasteiger partial charge in [-0.25, -0.2) is 14.4 Å². The van der Waals surface area contributed by atoms with Gasteiger partial charge in [-0.3, -0.25) is 0 Å². The Hall–Kier alpha value is -2.41. The van der Waals surface area contributed by atoms with Gasteiger partial charge in [-0.15, -0.1) is 0 Å². The summed E-state index contributed by atoms with van der Waals surface area (Å²) >= 11 is 0. The number of aliphatic hydroxyl groups excluding tert-OH is 1. The molecule has 1 aromatic carbocycles. The Morgan fingerprint density at radius 1 is 1.11 bits per heavy atom. The number of benzene rings is 1. The highest BCUT2D eigenvalue weighted by molar-refractivity contribution is 6.02. The van der Waals surface area contributed by atoms with Gasteiger partial charge in [0, 0.05) is 0 Å². The molecule has 0 aliphatic carbocycles. The van der Waals surface area contributed by atoms with E-state index in [1.54, 1.807) is 19.1 Å². The lowest BCUT2D eigenvalue weighted by atomic mass is 10.1. The summed E-state index contributed by atoms with van der Waals surface area (Å²) in [7, 11) is 0. The maximum atomic E-state index is 11.3. The quantitative estimate of drug-likeness (QED) is 0.686. The number of hydrogen-bond donors (Lipinski definition) is 3. The van der Waals surface area contributed by atoms with E-state index in [-0.39, 0.29) is 17.7 Å². The van der Waals surface area contributed by atoms with Crippen LogP contribution in [0.1, 0.15) is 27.6 Å². The van der Waals surface area contributed by atoms with Crippen LogP contribution in [0.3, 0.4) is 0 Å². The van der Waals surface area contributed by atoms with Crippen molar-refractivity contribution < 1.29 is 34.4 Å². The zero-order chi connectivity index (χ0) is 14.8. The minimum absolute atomic E-state index is 0.0362. The molecule has 0 saturated heterocycles. The molecule has 1 aromatic rings. The molecular formula is C12H14O7. The van der Waals surface area contributed by atoms with Crippen LogP contribution < -0.4 is 0 Å². The largest absolute Gasteiger partial charge is 0.480 e. The van der Waals surface area contributed by atoms with Crippen molar-refractivity contribution in [3.63, 3.8) is 0 Å². The maximum absolute atomic E-state index is 11.3. The van der Waals surface area contributed by atoms with Crippen molar-refractivity contribution in [2.45, 2.75) is 6.92 Å². The molecule has 0 radical (unpaired) electrons. The molecular weight excluding hydrogens is 256 g/mol. The van der Waals surface area contributed by atoms with Gasteiger partial charge < -0.3 is 20.1 Å². The van der Waals surface area contributed by atoms with Crippen LogP contribution in [0.15, 0.2) is 24.3 Å². The SMILES string of the molecule is CCOC(=O)c1ccccc1C(=O)O.O=C(O)CO. The molecule has 0 saturated carbocycles. The molecule has 0 aliphatic rings. The molecule has 1 rings (SSSR count). The summed E-state index contributed by atoms with van der Waals surface area (Å²) in [4.78, 5) is 31.1. The molecule has 7 nitrogen and oxygen atoms in total. The normalized spacial score (nSPS) is 8.95. The van der Waals surface area contributed by atoms with Crippen molar-refractivity contribution in [1.82, 2.24) is 0 Å². The number of carboxylic acid groups (broad SMARTS) is 2.